The van der Waals surface area contributed by atoms with Gasteiger partial charge in [-0.15, -0.1) is 0 Å². The molecule has 0 atom stereocenters. The van der Waals surface area contributed by atoms with E-state index in [0.29, 0.717) is 18.0 Å². The average Bonchev–Trinajstić information content (AvgIpc) is 2.58. The normalized spacial score (nSPS) is 10.6. The van der Waals surface area contributed by atoms with Crippen molar-refractivity contribution in [1.82, 2.24) is 4.98 Å². The van der Waals surface area contributed by atoms with Crippen LogP contribution in [-0.4, -0.2) is 17.4 Å². The van der Waals surface area contributed by atoms with Gasteiger partial charge in [-0.2, -0.15) is 0 Å². The molecule has 5 heteroatoms. The molecule has 0 saturated heterocycles. The van der Waals surface area contributed by atoms with E-state index in [4.69, 9.17) is 11.6 Å². The summed E-state index contributed by atoms with van der Waals surface area (Å²) in [5.74, 6) is -0.0406. The molecular weight excluding hydrogens is 322 g/mol. The fourth-order valence-corrected chi connectivity index (χ4v) is 2.76. The van der Waals surface area contributed by atoms with E-state index in [2.05, 4.69) is 15.6 Å². The number of hydrogen-bond donors (Lipinski definition) is 2. The highest BCUT2D eigenvalue weighted by Crippen LogP contribution is 2.21. The lowest BCUT2D eigenvalue weighted by atomic mass is 10.2. The van der Waals surface area contributed by atoms with Crippen molar-refractivity contribution in [1.29, 1.82) is 0 Å². The second-order valence-corrected chi connectivity index (χ2v) is 6.00. The molecule has 4 nitrogen and oxygen atoms in total. The summed E-state index contributed by atoms with van der Waals surface area (Å²) >= 11 is 5.92. The fourth-order valence-electron chi connectivity index (χ4n) is 2.54. The SMILES string of the molecule is Cc1cc(Cl)ccc1NC(=O)CCNc1cccc2cccnc12. The Balaban J connectivity index is 1.58. The quantitative estimate of drug-likeness (QED) is 0.712. The maximum atomic E-state index is 12.1. The molecule has 0 aliphatic rings. The standard InChI is InChI=1S/C19H18ClN3O/c1-13-12-15(20)7-8-16(13)23-18(24)9-11-21-17-6-2-4-14-5-3-10-22-19(14)17/h2-8,10,12,21H,9,11H2,1H3,(H,23,24). The number of fused-ring (bicyclic) bond motifs is 1. The van der Waals surface area contributed by atoms with E-state index in [0.717, 1.165) is 27.8 Å². The number of hydrogen-bond acceptors (Lipinski definition) is 3. The van der Waals surface area contributed by atoms with Crippen LogP contribution in [0.1, 0.15) is 12.0 Å². The molecule has 122 valence electrons. The molecule has 0 aliphatic carbocycles. The minimum atomic E-state index is -0.0406. The maximum Gasteiger partial charge on any atom is 0.226 e. The molecule has 3 rings (SSSR count). The van der Waals surface area contributed by atoms with E-state index in [1.807, 2.05) is 49.4 Å². The molecule has 3 aromatic rings. The Morgan fingerprint density at radius 1 is 1.12 bits per heavy atom. The van der Waals surface area contributed by atoms with E-state index in [1.165, 1.54) is 0 Å². The molecule has 1 aromatic heterocycles. The molecule has 0 saturated carbocycles. The van der Waals surface area contributed by atoms with Crippen molar-refractivity contribution in [2.45, 2.75) is 13.3 Å². The van der Waals surface area contributed by atoms with Crippen molar-refractivity contribution in [3.05, 3.63) is 65.3 Å². The van der Waals surface area contributed by atoms with Crippen LogP contribution in [0.2, 0.25) is 5.02 Å². The van der Waals surface area contributed by atoms with Crippen molar-refractivity contribution in [2.24, 2.45) is 0 Å². The summed E-state index contributed by atoms with van der Waals surface area (Å²) < 4.78 is 0. The fraction of sp³-hybridized carbons (Fsp3) is 0.158. The molecule has 0 spiro atoms. The van der Waals surface area contributed by atoms with Crippen molar-refractivity contribution in [3.8, 4) is 0 Å². The maximum absolute atomic E-state index is 12.1. The summed E-state index contributed by atoms with van der Waals surface area (Å²) in [7, 11) is 0. The van der Waals surface area contributed by atoms with Gasteiger partial charge in [0.15, 0.2) is 0 Å². The average molecular weight is 340 g/mol. The van der Waals surface area contributed by atoms with E-state index in [-0.39, 0.29) is 5.91 Å². The number of amides is 1. The number of nitrogens with one attached hydrogen (secondary N) is 2. The molecule has 0 radical (unpaired) electrons. The summed E-state index contributed by atoms with van der Waals surface area (Å²) in [5.41, 5.74) is 3.58. The van der Waals surface area contributed by atoms with Gasteiger partial charge < -0.3 is 10.6 Å². The summed E-state index contributed by atoms with van der Waals surface area (Å²) in [6, 6.07) is 15.3. The number of carbonyl (C=O) groups excluding carboxylic acids is 1. The van der Waals surface area contributed by atoms with Gasteiger partial charge in [0.25, 0.3) is 0 Å². The molecule has 0 aliphatic heterocycles. The van der Waals surface area contributed by atoms with Crippen LogP contribution in [0.4, 0.5) is 11.4 Å². The monoisotopic (exact) mass is 339 g/mol. The molecule has 1 amide bonds. The molecule has 24 heavy (non-hydrogen) atoms. The molecule has 2 aromatic carbocycles. The Labute approximate surface area is 145 Å². The Hall–Kier alpha value is -2.59. The molecule has 0 unspecified atom stereocenters. The van der Waals surface area contributed by atoms with E-state index >= 15 is 0 Å². The number of aromatic nitrogens is 1. The number of halogens is 1. The van der Waals surface area contributed by atoms with Crippen molar-refractivity contribution >= 4 is 39.8 Å². The number of benzene rings is 2. The largest absolute Gasteiger partial charge is 0.383 e. The number of nitrogens with zero attached hydrogens (tertiary/aromatic N) is 1. The smallest absolute Gasteiger partial charge is 0.226 e. The topological polar surface area (TPSA) is 54.0 Å². The molecule has 2 N–H and O–H groups in total. The van der Waals surface area contributed by atoms with Gasteiger partial charge in [0.05, 0.1) is 11.2 Å². The number of carbonyl (C=O) groups is 1. The molecule has 0 bridgehead atoms. The highest BCUT2D eigenvalue weighted by Gasteiger charge is 2.06. The number of pyridine rings is 1. The van der Waals surface area contributed by atoms with Crippen molar-refractivity contribution in [3.63, 3.8) is 0 Å². The third-order valence-corrected chi connectivity index (χ3v) is 4.00. The van der Waals surface area contributed by atoms with Crippen LogP contribution in [0.15, 0.2) is 54.7 Å². The predicted octanol–water partition coefficient (Wildman–Crippen LogP) is 4.64. The van der Waals surface area contributed by atoms with Gasteiger partial charge in [0.2, 0.25) is 5.91 Å². The highest BCUT2D eigenvalue weighted by atomic mass is 35.5. The first-order valence-electron chi connectivity index (χ1n) is 7.77. The zero-order chi connectivity index (χ0) is 16.9. The Morgan fingerprint density at radius 2 is 1.96 bits per heavy atom. The van der Waals surface area contributed by atoms with Crippen LogP contribution in [0.3, 0.4) is 0 Å². The Kier molecular flexibility index (Phi) is 4.96. The minimum Gasteiger partial charge on any atom is -0.383 e. The molecular formula is C19H18ClN3O. The van der Waals surface area contributed by atoms with Crippen molar-refractivity contribution < 1.29 is 4.79 Å². The van der Waals surface area contributed by atoms with Gasteiger partial charge in [0.1, 0.15) is 0 Å². The Bertz CT molecular complexity index is 874. The first-order valence-corrected chi connectivity index (χ1v) is 8.15. The molecule has 0 fully saturated rings. The first-order chi connectivity index (χ1) is 11.6. The number of anilines is 2. The van der Waals surface area contributed by atoms with Crippen LogP contribution in [0.25, 0.3) is 10.9 Å². The minimum absolute atomic E-state index is 0.0406. The van der Waals surface area contributed by atoms with Crippen LogP contribution in [0, 0.1) is 6.92 Å². The number of aryl methyl sites for hydroxylation is 1. The van der Waals surface area contributed by atoms with Gasteiger partial charge in [-0.3, -0.25) is 9.78 Å². The second kappa shape index (κ2) is 7.32. The number of para-hydroxylation sites is 1. The lowest BCUT2D eigenvalue weighted by Crippen LogP contribution is -2.17. The highest BCUT2D eigenvalue weighted by molar-refractivity contribution is 6.30. The first kappa shape index (κ1) is 16.3. The van der Waals surface area contributed by atoms with E-state index in [1.54, 1.807) is 12.3 Å². The summed E-state index contributed by atoms with van der Waals surface area (Å²) in [6.07, 6.45) is 2.13. The van der Waals surface area contributed by atoms with Crippen LogP contribution in [-0.2, 0) is 4.79 Å². The van der Waals surface area contributed by atoms with E-state index in [9.17, 15) is 4.79 Å². The second-order valence-electron chi connectivity index (χ2n) is 5.56. The van der Waals surface area contributed by atoms with E-state index < -0.39 is 0 Å². The predicted molar refractivity (Wildman–Crippen MR) is 99.7 cm³/mol. The zero-order valence-corrected chi connectivity index (χ0v) is 14.1. The summed E-state index contributed by atoms with van der Waals surface area (Å²) in [6.45, 7) is 2.45. The van der Waals surface area contributed by atoms with Gasteiger partial charge in [-0.25, -0.2) is 0 Å². The lowest BCUT2D eigenvalue weighted by molar-refractivity contribution is -0.115. The third-order valence-electron chi connectivity index (χ3n) is 3.76. The van der Waals surface area contributed by atoms with Crippen molar-refractivity contribution in [2.75, 3.05) is 17.2 Å². The van der Waals surface area contributed by atoms with Gasteiger partial charge >= 0.3 is 0 Å². The summed E-state index contributed by atoms with van der Waals surface area (Å²) in [5, 5.41) is 7.93. The van der Waals surface area contributed by atoms with Crippen LogP contribution < -0.4 is 10.6 Å². The van der Waals surface area contributed by atoms with Crippen LogP contribution in [0.5, 0.6) is 0 Å². The summed E-state index contributed by atoms with van der Waals surface area (Å²) in [4.78, 5) is 16.5. The lowest BCUT2D eigenvalue weighted by Gasteiger charge is -2.11. The molecule has 1 heterocycles. The number of rotatable bonds is 5. The van der Waals surface area contributed by atoms with Gasteiger partial charge in [-0.05, 0) is 42.8 Å². The Morgan fingerprint density at radius 3 is 2.79 bits per heavy atom. The van der Waals surface area contributed by atoms with Gasteiger partial charge in [0, 0.05) is 35.3 Å². The zero-order valence-electron chi connectivity index (χ0n) is 13.3. The third kappa shape index (κ3) is 3.84. The van der Waals surface area contributed by atoms with Gasteiger partial charge in [-0.1, -0.05) is 29.8 Å². The van der Waals surface area contributed by atoms with Crippen LogP contribution >= 0.6 is 11.6 Å².